The zero-order chi connectivity index (χ0) is 21.5. The molecule has 1 N–H and O–H groups in total. The highest BCUT2D eigenvalue weighted by molar-refractivity contribution is 7.92. The van der Waals surface area contributed by atoms with Gasteiger partial charge in [-0.25, -0.2) is 21.6 Å². The van der Waals surface area contributed by atoms with Gasteiger partial charge in [-0.2, -0.15) is 0 Å². The minimum Gasteiger partial charge on any atom is -0.269 e. The molecular weight excluding hydrogens is 396 g/mol. The van der Waals surface area contributed by atoms with Crippen LogP contribution in [0.5, 0.6) is 0 Å². The number of anilines is 1. The fourth-order valence-electron chi connectivity index (χ4n) is 2.91. The van der Waals surface area contributed by atoms with Gasteiger partial charge in [0.15, 0.2) is 0 Å². The first-order valence-corrected chi connectivity index (χ1v) is 11.8. The molecule has 0 saturated heterocycles. The molecule has 0 fully saturated rings. The van der Waals surface area contributed by atoms with Crippen molar-refractivity contribution in [3.63, 3.8) is 0 Å². The van der Waals surface area contributed by atoms with Crippen LogP contribution in [0.1, 0.15) is 37.5 Å². The van der Waals surface area contributed by atoms with Gasteiger partial charge >= 0.3 is 0 Å². The second-order valence-electron chi connectivity index (χ2n) is 8.05. The van der Waals surface area contributed by atoms with Gasteiger partial charge in [0.1, 0.15) is 0 Å². The summed E-state index contributed by atoms with van der Waals surface area (Å²) in [5, 5.41) is 0. The fourth-order valence-corrected chi connectivity index (χ4v) is 5.82. The molecule has 0 radical (unpaired) electrons. The van der Waals surface area contributed by atoms with Crippen molar-refractivity contribution in [2.24, 2.45) is 0 Å². The number of aryl methyl sites for hydroxylation is 3. The largest absolute Gasteiger partial charge is 0.269 e. The molecule has 0 aliphatic heterocycles. The van der Waals surface area contributed by atoms with E-state index in [0.29, 0.717) is 16.8 Å². The summed E-state index contributed by atoms with van der Waals surface area (Å²) in [6.45, 7) is 10.6. The summed E-state index contributed by atoms with van der Waals surface area (Å²) < 4.78 is 55.5. The van der Waals surface area contributed by atoms with Gasteiger partial charge in [0.2, 0.25) is 10.0 Å². The van der Waals surface area contributed by atoms with Crippen molar-refractivity contribution < 1.29 is 16.8 Å². The lowest BCUT2D eigenvalue weighted by atomic mass is 10.1. The maximum absolute atomic E-state index is 13.0. The molecule has 2 rings (SSSR count). The summed E-state index contributed by atoms with van der Waals surface area (Å²) in [5.74, 6) is 0. The number of rotatable bonds is 5. The third-order valence-electron chi connectivity index (χ3n) is 4.24. The van der Waals surface area contributed by atoms with Crippen LogP contribution in [-0.4, -0.2) is 29.4 Å². The minimum atomic E-state index is -3.82. The van der Waals surface area contributed by atoms with Gasteiger partial charge in [0, 0.05) is 12.6 Å². The maximum Gasteiger partial charge on any atom is 0.264 e. The van der Waals surface area contributed by atoms with Gasteiger partial charge in [-0.05, 0) is 70.9 Å². The van der Waals surface area contributed by atoms with Gasteiger partial charge in [0.25, 0.3) is 10.0 Å². The van der Waals surface area contributed by atoms with Crippen LogP contribution < -0.4 is 9.03 Å². The zero-order valence-corrected chi connectivity index (χ0v) is 19.0. The lowest BCUT2D eigenvalue weighted by Gasteiger charge is -2.25. The van der Waals surface area contributed by atoms with Gasteiger partial charge in [0.05, 0.1) is 15.5 Å². The molecule has 6 nitrogen and oxygen atoms in total. The summed E-state index contributed by atoms with van der Waals surface area (Å²) in [5.41, 5.74) is 1.84. The third kappa shape index (κ3) is 4.74. The Morgan fingerprint density at radius 1 is 0.857 bits per heavy atom. The molecule has 0 bridgehead atoms. The molecule has 0 atom stereocenters. The van der Waals surface area contributed by atoms with Gasteiger partial charge < -0.3 is 0 Å². The highest BCUT2D eigenvalue weighted by Crippen LogP contribution is 2.30. The van der Waals surface area contributed by atoms with Crippen LogP contribution in [0.2, 0.25) is 0 Å². The molecule has 0 spiro atoms. The third-order valence-corrected chi connectivity index (χ3v) is 7.93. The normalized spacial score (nSPS) is 12.8. The molecule has 8 heteroatoms. The van der Waals surface area contributed by atoms with Crippen molar-refractivity contribution in [3.05, 3.63) is 53.1 Å². The Kier molecular flexibility index (Phi) is 5.99. The maximum atomic E-state index is 13.0. The Morgan fingerprint density at radius 3 is 1.89 bits per heavy atom. The van der Waals surface area contributed by atoms with Gasteiger partial charge in [-0.1, -0.05) is 23.8 Å². The lowest BCUT2D eigenvalue weighted by Crippen LogP contribution is -2.40. The molecule has 2 aromatic carbocycles. The second-order valence-corrected chi connectivity index (χ2v) is 11.7. The predicted octanol–water partition coefficient (Wildman–Crippen LogP) is 3.51. The summed E-state index contributed by atoms with van der Waals surface area (Å²) in [7, 11) is -6.20. The highest BCUT2D eigenvalue weighted by atomic mass is 32.2. The van der Waals surface area contributed by atoms with E-state index in [2.05, 4.69) is 4.72 Å². The number of benzene rings is 2. The van der Waals surface area contributed by atoms with Crippen LogP contribution in [0, 0.1) is 20.8 Å². The average molecular weight is 425 g/mol. The predicted molar refractivity (Wildman–Crippen MR) is 113 cm³/mol. The van der Waals surface area contributed by atoms with Crippen molar-refractivity contribution in [1.82, 2.24) is 4.72 Å². The molecular formula is C20H28N2O4S2. The Hall–Kier alpha value is -1.90. The quantitative estimate of drug-likeness (QED) is 0.796. The monoisotopic (exact) mass is 424 g/mol. The van der Waals surface area contributed by atoms with Gasteiger partial charge in [-0.3, -0.25) is 4.31 Å². The molecule has 28 heavy (non-hydrogen) atoms. The van der Waals surface area contributed by atoms with E-state index >= 15 is 0 Å². The molecule has 0 heterocycles. The Labute approximate surface area is 168 Å². The smallest absolute Gasteiger partial charge is 0.264 e. The van der Waals surface area contributed by atoms with Crippen LogP contribution in [0.15, 0.2) is 46.2 Å². The van der Waals surface area contributed by atoms with E-state index in [1.54, 1.807) is 65.0 Å². The van der Waals surface area contributed by atoms with Crippen LogP contribution in [-0.2, 0) is 20.0 Å². The van der Waals surface area contributed by atoms with Crippen molar-refractivity contribution in [1.29, 1.82) is 0 Å². The number of hydrogen-bond acceptors (Lipinski definition) is 4. The Morgan fingerprint density at radius 2 is 1.39 bits per heavy atom. The topological polar surface area (TPSA) is 83.6 Å². The van der Waals surface area contributed by atoms with E-state index in [1.807, 2.05) is 6.92 Å². The number of hydrogen-bond donors (Lipinski definition) is 1. The zero-order valence-electron chi connectivity index (χ0n) is 17.4. The SMILES string of the molecule is Cc1ccc(S(=O)(=O)N(C)c2cc(S(=O)(=O)NC(C)(C)C)c(C)cc2C)cc1. The van der Waals surface area contributed by atoms with E-state index in [4.69, 9.17) is 0 Å². The van der Waals surface area contributed by atoms with E-state index in [9.17, 15) is 16.8 Å². The van der Waals surface area contributed by atoms with Crippen LogP contribution in [0.3, 0.4) is 0 Å². The first-order valence-electron chi connectivity index (χ1n) is 8.86. The number of sulfonamides is 2. The minimum absolute atomic E-state index is 0.0639. The van der Waals surface area contributed by atoms with E-state index in [-0.39, 0.29) is 9.79 Å². The van der Waals surface area contributed by atoms with E-state index < -0.39 is 25.6 Å². The van der Waals surface area contributed by atoms with Crippen LogP contribution in [0.25, 0.3) is 0 Å². The summed E-state index contributed by atoms with van der Waals surface area (Å²) in [6, 6.07) is 9.66. The molecule has 0 amide bonds. The van der Waals surface area contributed by atoms with Crippen LogP contribution >= 0.6 is 0 Å². The fraction of sp³-hybridized carbons (Fsp3) is 0.400. The lowest BCUT2D eigenvalue weighted by molar-refractivity contribution is 0.491. The molecule has 0 saturated carbocycles. The van der Waals surface area contributed by atoms with Crippen molar-refractivity contribution >= 4 is 25.7 Å². The first-order chi connectivity index (χ1) is 12.6. The van der Waals surface area contributed by atoms with Gasteiger partial charge in [-0.15, -0.1) is 0 Å². The molecule has 0 aliphatic rings. The molecule has 0 aromatic heterocycles. The summed E-state index contributed by atoms with van der Waals surface area (Å²) in [4.78, 5) is 0.215. The molecule has 2 aromatic rings. The highest BCUT2D eigenvalue weighted by Gasteiger charge is 2.28. The van der Waals surface area contributed by atoms with E-state index in [1.165, 1.54) is 13.1 Å². The Balaban J connectivity index is 2.59. The summed E-state index contributed by atoms with van der Waals surface area (Å²) in [6.07, 6.45) is 0. The second kappa shape index (κ2) is 7.50. The van der Waals surface area contributed by atoms with Crippen molar-refractivity contribution in [2.75, 3.05) is 11.4 Å². The van der Waals surface area contributed by atoms with Crippen LogP contribution in [0.4, 0.5) is 5.69 Å². The molecule has 0 unspecified atom stereocenters. The van der Waals surface area contributed by atoms with E-state index in [0.717, 1.165) is 9.87 Å². The average Bonchev–Trinajstić information content (AvgIpc) is 2.52. The standard InChI is InChI=1S/C20H28N2O4S2/c1-14-8-10-17(11-9-14)28(25,26)22(7)18-13-19(16(3)12-15(18)2)27(23,24)21-20(4,5)6/h8-13,21H,1-7H3. The first kappa shape index (κ1) is 22.4. The van der Waals surface area contributed by atoms with Crippen molar-refractivity contribution in [2.45, 2.75) is 56.9 Å². The molecule has 154 valence electrons. The number of nitrogens with one attached hydrogen (secondary N) is 1. The summed E-state index contributed by atoms with van der Waals surface area (Å²) >= 11 is 0. The molecule has 0 aliphatic carbocycles. The van der Waals surface area contributed by atoms with Crippen molar-refractivity contribution in [3.8, 4) is 0 Å². The Bertz CT molecular complexity index is 1080. The number of nitrogens with zero attached hydrogens (tertiary/aromatic N) is 1.